The van der Waals surface area contributed by atoms with Gasteiger partial charge in [0.2, 0.25) is 5.91 Å². The Morgan fingerprint density at radius 3 is 2.59 bits per heavy atom. The summed E-state index contributed by atoms with van der Waals surface area (Å²) in [5.74, 6) is 1.93. The number of para-hydroxylation sites is 2. The predicted octanol–water partition coefficient (Wildman–Crippen LogP) is 3.17. The minimum Gasteiger partial charge on any atom is -0.495 e. The zero-order chi connectivity index (χ0) is 20.1. The number of hydrogen-bond donors (Lipinski definition) is 1. The summed E-state index contributed by atoms with van der Waals surface area (Å²) in [5.41, 5.74) is 3.20. The van der Waals surface area contributed by atoms with E-state index in [1.807, 2.05) is 30.3 Å². The molecule has 2 heterocycles. The third-order valence-corrected chi connectivity index (χ3v) is 5.68. The Morgan fingerprint density at radius 2 is 1.76 bits per heavy atom. The molecule has 29 heavy (non-hydrogen) atoms. The van der Waals surface area contributed by atoms with E-state index in [9.17, 15) is 4.79 Å². The Kier molecular flexibility index (Phi) is 6.20. The van der Waals surface area contributed by atoms with Crippen LogP contribution in [0.25, 0.3) is 0 Å². The number of ether oxygens (including phenoxy) is 2. The lowest BCUT2D eigenvalue weighted by atomic mass is 10.0. The summed E-state index contributed by atoms with van der Waals surface area (Å²) < 4.78 is 11.5. The lowest BCUT2D eigenvalue weighted by Crippen LogP contribution is -2.46. The van der Waals surface area contributed by atoms with Crippen molar-refractivity contribution >= 4 is 17.3 Å². The van der Waals surface area contributed by atoms with Gasteiger partial charge in [-0.25, -0.2) is 0 Å². The number of benzene rings is 2. The maximum Gasteiger partial charge on any atom is 0.224 e. The van der Waals surface area contributed by atoms with Crippen molar-refractivity contribution in [3.05, 3.63) is 48.0 Å². The van der Waals surface area contributed by atoms with Crippen molar-refractivity contribution in [1.29, 1.82) is 0 Å². The number of amides is 1. The number of rotatable bonds is 7. The number of anilines is 2. The van der Waals surface area contributed by atoms with Crippen molar-refractivity contribution < 1.29 is 14.3 Å². The minimum atomic E-state index is 0.0851. The third kappa shape index (κ3) is 4.65. The Morgan fingerprint density at radius 1 is 0.966 bits per heavy atom. The monoisotopic (exact) mass is 395 g/mol. The molecule has 2 aliphatic rings. The van der Waals surface area contributed by atoms with Crippen molar-refractivity contribution in [2.45, 2.75) is 19.3 Å². The molecule has 0 saturated carbocycles. The van der Waals surface area contributed by atoms with Gasteiger partial charge in [-0.15, -0.1) is 0 Å². The van der Waals surface area contributed by atoms with Crippen LogP contribution in [-0.2, 0) is 11.2 Å². The van der Waals surface area contributed by atoms with Gasteiger partial charge >= 0.3 is 0 Å². The fraction of sp³-hybridized carbons (Fsp3) is 0.435. The second-order valence-electron chi connectivity index (χ2n) is 7.53. The van der Waals surface area contributed by atoms with E-state index < -0.39 is 0 Å². The molecule has 1 N–H and O–H groups in total. The SMILES string of the molecule is COc1ccccc1N1CCN(CCCOc2cccc3c2CCC(=O)N3)CC1. The highest BCUT2D eigenvalue weighted by Gasteiger charge is 2.20. The van der Waals surface area contributed by atoms with Gasteiger partial charge in [0.15, 0.2) is 0 Å². The van der Waals surface area contributed by atoms with E-state index in [1.54, 1.807) is 7.11 Å². The molecule has 1 fully saturated rings. The Bertz CT molecular complexity index is 847. The van der Waals surface area contributed by atoms with Crippen molar-refractivity contribution in [2.24, 2.45) is 0 Å². The number of methoxy groups -OCH3 is 1. The smallest absolute Gasteiger partial charge is 0.224 e. The van der Waals surface area contributed by atoms with E-state index in [0.717, 1.165) is 68.3 Å². The zero-order valence-corrected chi connectivity index (χ0v) is 17.0. The molecular weight excluding hydrogens is 366 g/mol. The van der Waals surface area contributed by atoms with Crippen LogP contribution in [0.15, 0.2) is 42.5 Å². The maximum absolute atomic E-state index is 11.6. The lowest BCUT2D eigenvalue weighted by molar-refractivity contribution is -0.116. The average molecular weight is 396 g/mol. The van der Waals surface area contributed by atoms with E-state index in [0.29, 0.717) is 13.0 Å². The van der Waals surface area contributed by atoms with Gasteiger partial charge < -0.3 is 19.7 Å². The van der Waals surface area contributed by atoms with Gasteiger partial charge in [0.05, 0.1) is 19.4 Å². The molecule has 0 radical (unpaired) electrons. The first-order chi connectivity index (χ1) is 14.2. The molecule has 0 atom stereocenters. The average Bonchev–Trinajstić information content (AvgIpc) is 2.77. The van der Waals surface area contributed by atoms with Gasteiger partial charge in [-0.05, 0) is 37.1 Å². The molecular formula is C23H29N3O3. The molecule has 2 aliphatic heterocycles. The minimum absolute atomic E-state index is 0.0851. The Labute approximate surface area is 172 Å². The van der Waals surface area contributed by atoms with Gasteiger partial charge in [-0.1, -0.05) is 18.2 Å². The van der Waals surface area contributed by atoms with E-state index in [-0.39, 0.29) is 5.91 Å². The van der Waals surface area contributed by atoms with Crippen molar-refractivity contribution in [3.8, 4) is 11.5 Å². The molecule has 0 unspecified atom stereocenters. The first-order valence-corrected chi connectivity index (χ1v) is 10.4. The molecule has 1 amide bonds. The summed E-state index contributed by atoms with van der Waals surface area (Å²) in [5, 5.41) is 2.93. The fourth-order valence-electron chi connectivity index (χ4n) is 4.10. The quantitative estimate of drug-likeness (QED) is 0.730. The Hall–Kier alpha value is -2.73. The largest absolute Gasteiger partial charge is 0.495 e. The molecule has 154 valence electrons. The van der Waals surface area contributed by atoms with Crippen LogP contribution in [0.3, 0.4) is 0 Å². The van der Waals surface area contributed by atoms with Crippen molar-refractivity contribution in [1.82, 2.24) is 4.90 Å². The van der Waals surface area contributed by atoms with Crippen molar-refractivity contribution in [3.63, 3.8) is 0 Å². The molecule has 0 aliphatic carbocycles. The summed E-state index contributed by atoms with van der Waals surface area (Å²) in [7, 11) is 1.73. The molecule has 0 spiro atoms. The second kappa shape index (κ2) is 9.18. The number of piperazine rings is 1. The lowest BCUT2D eigenvalue weighted by Gasteiger charge is -2.36. The fourth-order valence-corrected chi connectivity index (χ4v) is 4.10. The van der Waals surface area contributed by atoms with Crippen LogP contribution in [0.1, 0.15) is 18.4 Å². The Balaban J connectivity index is 1.22. The highest BCUT2D eigenvalue weighted by Crippen LogP contribution is 2.31. The number of nitrogens with one attached hydrogen (secondary N) is 1. The normalized spacial score (nSPS) is 16.9. The predicted molar refractivity (Wildman–Crippen MR) is 115 cm³/mol. The summed E-state index contributed by atoms with van der Waals surface area (Å²) in [6, 6.07) is 14.1. The number of fused-ring (bicyclic) bond motifs is 1. The zero-order valence-electron chi connectivity index (χ0n) is 17.0. The number of carbonyl (C=O) groups excluding carboxylic acids is 1. The molecule has 0 bridgehead atoms. The number of carbonyl (C=O) groups is 1. The van der Waals surface area contributed by atoms with Crippen LogP contribution in [0, 0.1) is 0 Å². The first kappa shape index (κ1) is 19.6. The van der Waals surface area contributed by atoms with Crippen LogP contribution in [0.2, 0.25) is 0 Å². The first-order valence-electron chi connectivity index (χ1n) is 10.4. The maximum atomic E-state index is 11.6. The molecule has 2 aromatic rings. The standard InChI is InChI=1S/C23H29N3O3/c1-28-22-8-3-2-7-20(22)26-15-13-25(14-16-26)12-5-17-29-21-9-4-6-19-18(21)10-11-23(27)24-19/h2-4,6-9H,5,10-17H2,1H3,(H,24,27). The molecule has 1 saturated heterocycles. The molecule has 2 aromatic carbocycles. The van der Waals surface area contributed by atoms with Crippen LogP contribution < -0.4 is 19.7 Å². The summed E-state index contributed by atoms with van der Waals surface area (Å²) in [4.78, 5) is 16.4. The second-order valence-corrected chi connectivity index (χ2v) is 7.53. The third-order valence-electron chi connectivity index (χ3n) is 5.68. The summed E-state index contributed by atoms with van der Waals surface area (Å²) >= 11 is 0. The molecule has 4 rings (SSSR count). The van der Waals surface area contributed by atoms with Gasteiger partial charge in [0.25, 0.3) is 0 Å². The van der Waals surface area contributed by atoms with Crippen LogP contribution in [-0.4, -0.2) is 57.2 Å². The summed E-state index contributed by atoms with van der Waals surface area (Å²) in [6.07, 6.45) is 2.27. The van der Waals surface area contributed by atoms with Gasteiger partial charge in [0.1, 0.15) is 11.5 Å². The van der Waals surface area contributed by atoms with Gasteiger partial charge in [0, 0.05) is 50.4 Å². The van der Waals surface area contributed by atoms with E-state index in [4.69, 9.17) is 9.47 Å². The number of hydrogen-bond acceptors (Lipinski definition) is 5. The topological polar surface area (TPSA) is 54.0 Å². The van der Waals surface area contributed by atoms with E-state index >= 15 is 0 Å². The van der Waals surface area contributed by atoms with Crippen LogP contribution in [0.5, 0.6) is 11.5 Å². The van der Waals surface area contributed by atoms with Gasteiger partial charge in [-0.3, -0.25) is 9.69 Å². The molecule has 6 nitrogen and oxygen atoms in total. The highest BCUT2D eigenvalue weighted by atomic mass is 16.5. The van der Waals surface area contributed by atoms with Crippen molar-refractivity contribution in [2.75, 3.05) is 56.7 Å². The van der Waals surface area contributed by atoms with E-state index in [1.165, 1.54) is 5.69 Å². The van der Waals surface area contributed by atoms with E-state index in [2.05, 4.69) is 27.2 Å². The summed E-state index contributed by atoms with van der Waals surface area (Å²) in [6.45, 7) is 5.83. The van der Waals surface area contributed by atoms with Gasteiger partial charge in [-0.2, -0.15) is 0 Å². The van der Waals surface area contributed by atoms with Crippen LogP contribution in [0.4, 0.5) is 11.4 Å². The molecule has 6 heteroatoms. The van der Waals surface area contributed by atoms with Crippen LogP contribution >= 0.6 is 0 Å². The molecule has 0 aromatic heterocycles. The number of nitrogens with zero attached hydrogens (tertiary/aromatic N) is 2. The highest BCUT2D eigenvalue weighted by molar-refractivity contribution is 5.94.